The van der Waals surface area contributed by atoms with Gasteiger partial charge in [0.1, 0.15) is 0 Å². The van der Waals surface area contributed by atoms with Crippen LogP contribution in [-0.4, -0.2) is 5.11 Å². The Hall–Kier alpha value is -3.60. The molecule has 1 radical (unpaired) electrons. The highest BCUT2D eigenvalue weighted by molar-refractivity contribution is 7.80. The van der Waals surface area contributed by atoms with E-state index in [1.165, 1.54) is 31.8 Å². The molecule has 189 valence electrons. The molecule has 0 saturated carbocycles. The fraction of sp³-hybridized carbons (Fsp3) is 0.0278. The third-order valence-corrected chi connectivity index (χ3v) is 11.9. The second-order valence-electron chi connectivity index (χ2n) is 9.34. The van der Waals surface area contributed by atoms with Gasteiger partial charge in [0.15, 0.2) is 0 Å². The van der Waals surface area contributed by atoms with Crippen LogP contribution in [0.1, 0.15) is 11.7 Å². The first-order valence-electron chi connectivity index (χ1n) is 13.1. The molecule has 1 aliphatic carbocycles. The van der Waals surface area contributed by atoms with Crippen LogP contribution in [0.5, 0.6) is 0 Å². The van der Waals surface area contributed by atoms with Crippen molar-refractivity contribution in [2.75, 3.05) is 0 Å². The van der Waals surface area contributed by atoms with Crippen molar-refractivity contribution >= 4 is 42.4 Å². The Morgan fingerprint density at radius 1 is 0.462 bits per heavy atom. The summed E-state index contributed by atoms with van der Waals surface area (Å²) in [4.78, 5) is 0. The van der Waals surface area contributed by atoms with Crippen LogP contribution >= 0.6 is 15.8 Å². The molecule has 0 saturated heterocycles. The summed E-state index contributed by atoms with van der Waals surface area (Å²) in [7, 11) is -1.66. The van der Waals surface area contributed by atoms with E-state index in [1.807, 2.05) is 6.07 Å². The molecule has 5 aromatic carbocycles. The monoisotopic (exact) mass is 539 g/mol. The van der Waals surface area contributed by atoms with Crippen LogP contribution in [0.4, 0.5) is 0 Å². The van der Waals surface area contributed by atoms with E-state index in [-0.39, 0.29) is 0 Å². The highest BCUT2D eigenvalue weighted by Crippen LogP contribution is 2.53. The Morgan fingerprint density at radius 2 is 0.872 bits per heavy atom. The lowest BCUT2D eigenvalue weighted by Crippen LogP contribution is -2.26. The van der Waals surface area contributed by atoms with Crippen molar-refractivity contribution < 1.29 is 5.11 Å². The topological polar surface area (TPSA) is 20.2 Å². The molecule has 0 unspecified atom stereocenters. The molecule has 0 aromatic heterocycles. The van der Waals surface area contributed by atoms with Gasteiger partial charge in [-0.25, -0.2) is 0 Å². The third-order valence-electron chi connectivity index (χ3n) is 6.89. The maximum Gasteiger partial charge on any atom is 0.0941 e. The smallest absolute Gasteiger partial charge is 0.0941 e. The maximum atomic E-state index is 12.1. The number of benzene rings is 5. The van der Waals surface area contributed by atoms with Crippen molar-refractivity contribution in [2.24, 2.45) is 0 Å². The van der Waals surface area contributed by atoms with Crippen molar-refractivity contribution in [2.45, 2.75) is 6.10 Å². The van der Waals surface area contributed by atoms with Crippen LogP contribution in [0.15, 0.2) is 169 Å². The van der Waals surface area contributed by atoms with Gasteiger partial charge in [0.25, 0.3) is 0 Å². The van der Waals surface area contributed by atoms with E-state index < -0.39 is 21.9 Å². The van der Waals surface area contributed by atoms with Crippen LogP contribution in [0.2, 0.25) is 0 Å². The lowest BCUT2D eigenvalue weighted by atomic mass is 9.97. The van der Waals surface area contributed by atoms with Crippen molar-refractivity contribution in [1.82, 2.24) is 0 Å². The first-order valence-corrected chi connectivity index (χ1v) is 15.8. The fourth-order valence-electron chi connectivity index (χ4n) is 5.11. The Kier molecular flexibility index (Phi) is 7.94. The summed E-state index contributed by atoms with van der Waals surface area (Å²) < 4.78 is 0. The number of rotatable bonds is 8. The molecule has 1 atom stereocenters. The zero-order chi connectivity index (χ0) is 26.4. The maximum absolute atomic E-state index is 12.1. The first kappa shape index (κ1) is 25.7. The van der Waals surface area contributed by atoms with Gasteiger partial charge in [-0.05, 0) is 53.2 Å². The van der Waals surface area contributed by atoms with Gasteiger partial charge in [-0.1, -0.05) is 164 Å². The predicted octanol–water partition coefficient (Wildman–Crippen LogP) is 6.64. The fourth-order valence-corrected chi connectivity index (χ4v) is 10.1. The summed E-state index contributed by atoms with van der Waals surface area (Å²) in [6.07, 6.45) is 5.66. The van der Waals surface area contributed by atoms with Gasteiger partial charge in [-0.3, -0.25) is 0 Å². The standard InChI is InChI=1S/C36H29OP2/c37-36(33-25-15-27-35(33)39(30-20-9-3-10-21-30)31-22-11-4-12-23-31)32-24-13-14-26-34(32)38(28-16-5-1-6-17-28)29-18-7-2-8-19-29/h1-27,36-37H/t36-/m0/s1. The average molecular weight is 540 g/mol. The minimum absolute atomic E-state index is 0.735. The van der Waals surface area contributed by atoms with Gasteiger partial charge in [-0.2, -0.15) is 0 Å². The molecule has 3 heteroatoms. The third kappa shape index (κ3) is 5.45. The Morgan fingerprint density at radius 3 is 1.36 bits per heavy atom. The number of hydrogen-bond acceptors (Lipinski definition) is 1. The van der Waals surface area contributed by atoms with Gasteiger partial charge in [0.05, 0.1) is 12.0 Å². The van der Waals surface area contributed by atoms with Gasteiger partial charge in [-0.15, -0.1) is 0 Å². The molecule has 0 aliphatic heterocycles. The number of hydrogen-bond donors (Lipinski definition) is 1. The molecule has 0 spiro atoms. The highest BCUT2D eigenvalue weighted by Gasteiger charge is 2.34. The lowest BCUT2D eigenvalue weighted by molar-refractivity contribution is 0.205. The quantitative estimate of drug-likeness (QED) is 0.219. The van der Waals surface area contributed by atoms with E-state index in [4.69, 9.17) is 0 Å². The molecule has 6 rings (SSSR count). The van der Waals surface area contributed by atoms with E-state index >= 15 is 0 Å². The molecule has 39 heavy (non-hydrogen) atoms. The van der Waals surface area contributed by atoms with E-state index in [1.54, 1.807) is 0 Å². The van der Waals surface area contributed by atoms with Crippen LogP contribution in [0, 0.1) is 5.92 Å². The predicted molar refractivity (Wildman–Crippen MR) is 170 cm³/mol. The second kappa shape index (κ2) is 12.1. The summed E-state index contributed by atoms with van der Waals surface area (Å²) in [5.74, 6) is 0.984. The van der Waals surface area contributed by atoms with Gasteiger partial charge >= 0.3 is 0 Å². The normalized spacial score (nSPS) is 14.1. The highest BCUT2D eigenvalue weighted by atomic mass is 31.1. The average Bonchev–Trinajstić information content (AvgIpc) is 3.49. The van der Waals surface area contributed by atoms with Crippen molar-refractivity contribution in [3.05, 3.63) is 181 Å². The molecular weight excluding hydrogens is 510 g/mol. The summed E-state index contributed by atoms with van der Waals surface area (Å²) in [5.41, 5.74) is 0.972. The number of aliphatic hydroxyl groups excluding tert-OH is 1. The summed E-state index contributed by atoms with van der Waals surface area (Å²) in [6, 6.07) is 51.2. The van der Waals surface area contributed by atoms with Crippen molar-refractivity contribution in [1.29, 1.82) is 0 Å². The minimum Gasteiger partial charge on any atom is -0.387 e. The van der Waals surface area contributed by atoms with Crippen LogP contribution in [-0.2, 0) is 0 Å². The largest absolute Gasteiger partial charge is 0.387 e. The lowest BCUT2D eigenvalue weighted by Gasteiger charge is -2.30. The van der Waals surface area contributed by atoms with Gasteiger partial charge < -0.3 is 5.11 Å². The summed E-state index contributed by atoms with van der Waals surface area (Å²) >= 11 is 0. The van der Waals surface area contributed by atoms with Gasteiger partial charge in [0.2, 0.25) is 0 Å². The molecule has 1 N–H and O–H groups in total. The van der Waals surface area contributed by atoms with Crippen molar-refractivity contribution in [3.63, 3.8) is 0 Å². The zero-order valence-corrected chi connectivity index (χ0v) is 23.3. The Bertz CT molecular complexity index is 1490. The second-order valence-corrected chi connectivity index (χ2v) is 13.7. The first-order chi connectivity index (χ1) is 19.3. The Balaban J connectivity index is 1.43. The molecule has 1 aliphatic rings. The summed E-state index contributed by atoms with van der Waals surface area (Å²) in [5, 5.41) is 19.6. The summed E-state index contributed by atoms with van der Waals surface area (Å²) in [6.45, 7) is 0. The van der Waals surface area contributed by atoms with Crippen LogP contribution in [0.3, 0.4) is 0 Å². The molecule has 0 heterocycles. The van der Waals surface area contributed by atoms with Crippen LogP contribution < -0.4 is 26.5 Å². The van der Waals surface area contributed by atoms with Crippen LogP contribution in [0.25, 0.3) is 0 Å². The van der Waals surface area contributed by atoms with E-state index in [0.717, 1.165) is 11.5 Å². The molecule has 1 nitrogen and oxygen atoms in total. The van der Waals surface area contributed by atoms with Gasteiger partial charge in [0, 0.05) is 0 Å². The molecule has 5 aromatic rings. The van der Waals surface area contributed by atoms with E-state index in [0.29, 0.717) is 0 Å². The molecule has 0 fully saturated rings. The zero-order valence-electron chi connectivity index (χ0n) is 21.5. The number of aliphatic hydroxyl groups is 1. The van der Waals surface area contributed by atoms with E-state index in [9.17, 15) is 5.11 Å². The minimum atomic E-state index is -0.842. The Labute approximate surface area is 233 Å². The number of allylic oxidation sites excluding steroid dienone is 2. The molecule has 0 bridgehead atoms. The van der Waals surface area contributed by atoms with Crippen molar-refractivity contribution in [3.8, 4) is 0 Å². The van der Waals surface area contributed by atoms with E-state index in [2.05, 4.69) is 158 Å². The SMILES string of the molecule is O[C@H]([C]1C=CC=C1P(c1ccccc1)c1ccccc1)c1ccccc1P(c1ccccc1)c1ccccc1. The molecular formula is C36H29OP2. The molecule has 0 amide bonds.